The molecule has 0 fully saturated rings. The van der Waals surface area contributed by atoms with Crippen molar-refractivity contribution in [2.45, 2.75) is 39.9 Å². The van der Waals surface area contributed by atoms with E-state index in [0.29, 0.717) is 33.0 Å². The fourth-order valence-corrected chi connectivity index (χ4v) is 4.07. The fourth-order valence-electron chi connectivity index (χ4n) is 4.07. The number of benzene rings is 2. The number of ether oxygens (including phenoxy) is 3. The number of hydrogen-bond acceptors (Lipinski definition) is 4. The first-order chi connectivity index (χ1) is 15.0. The van der Waals surface area contributed by atoms with E-state index in [1.54, 1.807) is 0 Å². The monoisotopic (exact) mass is 420 g/mol. The van der Waals surface area contributed by atoms with Crippen LogP contribution in [0.25, 0.3) is 0 Å². The predicted octanol–water partition coefficient (Wildman–Crippen LogP) is 5.64. The Morgan fingerprint density at radius 2 is 1.35 bits per heavy atom. The summed E-state index contributed by atoms with van der Waals surface area (Å²) in [6, 6.07) is 20.3. The lowest BCUT2D eigenvalue weighted by Crippen LogP contribution is -2.31. The Bertz CT molecular complexity index is 854. The Kier molecular flexibility index (Phi) is 8.21. The van der Waals surface area contributed by atoms with Gasteiger partial charge in [-0.1, -0.05) is 72.8 Å². The van der Waals surface area contributed by atoms with Gasteiger partial charge in [0.2, 0.25) is 0 Å². The second kappa shape index (κ2) is 11.1. The van der Waals surface area contributed by atoms with Crippen molar-refractivity contribution in [1.29, 1.82) is 0 Å². The molecule has 0 spiro atoms. The van der Waals surface area contributed by atoms with Crippen molar-refractivity contribution in [3.8, 4) is 0 Å². The molecule has 2 aromatic carbocycles. The molecule has 0 saturated carbocycles. The number of carbonyl (C=O) groups is 1. The van der Waals surface area contributed by atoms with Crippen molar-refractivity contribution >= 4 is 5.97 Å². The normalized spacial score (nSPS) is 15.2. The molecule has 0 radical (unpaired) electrons. The summed E-state index contributed by atoms with van der Waals surface area (Å²) in [6.45, 7) is 10.2. The molecule has 164 valence electrons. The molecule has 1 aliphatic rings. The molecule has 0 saturated heterocycles. The molecule has 0 heterocycles. The highest BCUT2D eigenvalue weighted by Crippen LogP contribution is 2.45. The van der Waals surface area contributed by atoms with Crippen LogP contribution in [0.1, 0.15) is 37.8 Å². The molecule has 0 aromatic heterocycles. The van der Waals surface area contributed by atoms with Crippen molar-refractivity contribution in [1.82, 2.24) is 0 Å². The summed E-state index contributed by atoms with van der Waals surface area (Å²) < 4.78 is 17.7. The highest BCUT2D eigenvalue weighted by Gasteiger charge is 2.40. The van der Waals surface area contributed by atoms with Crippen molar-refractivity contribution in [2.24, 2.45) is 5.41 Å². The van der Waals surface area contributed by atoms with Gasteiger partial charge < -0.3 is 14.2 Å². The lowest BCUT2D eigenvalue weighted by Gasteiger charge is -2.30. The molecule has 3 rings (SSSR count). The Labute approximate surface area is 185 Å². The van der Waals surface area contributed by atoms with Crippen LogP contribution in [0.2, 0.25) is 0 Å². The topological polar surface area (TPSA) is 44.8 Å². The molecule has 0 atom stereocenters. The van der Waals surface area contributed by atoms with Crippen LogP contribution in [-0.2, 0) is 32.2 Å². The second-order valence-corrected chi connectivity index (χ2v) is 8.45. The first-order valence-electron chi connectivity index (χ1n) is 10.7. The van der Waals surface area contributed by atoms with Crippen molar-refractivity contribution < 1.29 is 19.0 Å². The smallest absolute Gasteiger partial charge is 0.302 e. The number of carbonyl (C=O) groups excluding carboxylic acids is 1. The molecular weight excluding hydrogens is 388 g/mol. The molecule has 2 aromatic rings. The molecular formula is C27H32O4. The van der Waals surface area contributed by atoms with Crippen LogP contribution in [0, 0.1) is 5.41 Å². The van der Waals surface area contributed by atoms with E-state index in [0.717, 1.165) is 35.1 Å². The maximum atomic E-state index is 11.4. The number of allylic oxidation sites excluding steroid dienone is 2. The van der Waals surface area contributed by atoms with Gasteiger partial charge in [0.15, 0.2) is 0 Å². The zero-order valence-corrected chi connectivity index (χ0v) is 18.6. The summed E-state index contributed by atoms with van der Waals surface area (Å²) in [5, 5.41) is 0. The molecule has 0 bridgehead atoms. The highest BCUT2D eigenvalue weighted by molar-refractivity contribution is 5.66. The van der Waals surface area contributed by atoms with Crippen molar-refractivity contribution in [3.05, 3.63) is 95.1 Å². The van der Waals surface area contributed by atoms with E-state index < -0.39 is 0 Å². The maximum absolute atomic E-state index is 11.4. The Morgan fingerprint density at radius 1 is 0.839 bits per heavy atom. The minimum absolute atomic E-state index is 0.201. The van der Waals surface area contributed by atoms with Gasteiger partial charge in [0.05, 0.1) is 26.4 Å². The molecule has 4 heteroatoms. The summed E-state index contributed by atoms with van der Waals surface area (Å²) in [5.74, 6) is -0.272. The van der Waals surface area contributed by atoms with E-state index in [1.807, 2.05) is 43.3 Å². The average Bonchev–Trinajstić information content (AvgIpc) is 3.13. The first-order valence-corrected chi connectivity index (χ1v) is 10.7. The second-order valence-electron chi connectivity index (χ2n) is 8.45. The highest BCUT2D eigenvalue weighted by atomic mass is 16.5. The van der Waals surface area contributed by atoms with Crippen molar-refractivity contribution in [2.75, 3.05) is 19.8 Å². The first kappa shape index (κ1) is 23.0. The summed E-state index contributed by atoms with van der Waals surface area (Å²) in [7, 11) is 0. The molecule has 1 aliphatic carbocycles. The summed E-state index contributed by atoms with van der Waals surface area (Å²) in [6.07, 6.45) is 1.58. The van der Waals surface area contributed by atoms with Gasteiger partial charge in [-0.05, 0) is 42.0 Å². The van der Waals surface area contributed by atoms with Gasteiger partial charge in [0.1, 0.15) is 6.61 Å². The zero-order valence-electron chi connectivity index (χ0n) is 18.6. The van der Waals surface area contributed by atoms with Gasteiger partial charge in [-0.3, -0.25) is 4.79 Å². The van der Waals surface area contributed by atoms with Crippen LogP contribution in [0.15, 0.2) is 84.0 Å². The van der Waals surface area contributed by atoms with Gasteiger partial charge in [0, 0.05) is 12.3 Å². The van der Waals surface area contributed by atoms with Gasteiger partial charge in [0.25, 0.3) is 0 Å². The lowest BCUT2D eigenvalue weighted by atomic mass is 9.85. The van der Waals surface area contributed by atoms with E-state index in [4.69, 9.17) is 14.2 Å². The fraction of sp³-hybridized carbons (Fsp3) is 0.370. The van der Waals surface area contributed by atoms with Crippen LogP contribution >= 0.6 is 0 Å². The molecule has 4 nitrogen and oxygen atoms in total. The Balaban J connectivity index is 1.68. The van der Waals surface area contributed by atoms with Gasteiger partial charge >= 0.3 is 5.97 Å². The van der Waals surface area contributed by atoms with E-state index in [2.05, 4.69) is 30.8 Å². The largest absolute Gasteiger partial charge is 0.461 e. The quantitative estimate of drug-likeness (QED) is 0.442. The zero-order chi connectivity index (χ0) is 22.1. The van der Waals surface area contributed by atoms with E-state index in [1.165, 1.54) is 12.5 Å². The molecule has 0 amide bonds. The third-order valence-electron chi connectivity index (χ3n) is 5.57. The summed E-state index contributed by atoms with van der Waals surface area (Å²) in [5.41, 5.74) is 5.40. The average molecular weight is 421 g/mol. The van der Waals surface area contributed by atoms with E-state index >= 15 is 0 Å². The Hall–Kier alpha value is -2.69. The maximum Gasteiger partial charge on any atom is 0.302 e. The van der Waals surface area contributed by atoms with Crippen LogP contribution < -0.4 is 0 Å². The molecule has 0 N–H and O–H groups in total. The number of esters is 1. The van der Waals surface area contributed by atoms with Crippen LogP contribution in [0.5, 0.6) is 0 Å². The van der Waals surface area contributed by atoms with Gasteiger partial charge in [-0.25, -0.2) is 0 Å². The van der Waals surface area contributed by atoms with Gasteiger partial charge in [-0.2, -0.15) is 0 Å². The minimum Gasteiger partial charge on any atom is -0.461 e. The standard InChI is InChI=1S/C27H32O4/c1-21(2)26-15-27(14-25(26)18-31-22(3)28,19-29-16-23-10-6-4-7-11-23)20-30-17-24-12-8-5-9-13-24/h4-13H,1,14-20H2,2-3H3. The van der Waals surface area contributed by atoms with Crippen LogP contribution in [-0.4, -0.2) is 25.8 Å². The lowest BCUT2D eigenvalue weighted by molar-refractivity contribution is -0.140. The summed E-state index contributed by atoms with van der Waals surface area (Å²) in [4.78, 5) is 11.4. The minimum atomic E-state index is -0.272. The van der Waals surface area contributed by atoms with E-state index in [-0.39, 0.29) is 11.4 Å². The molecule has 0 aliphatic heterocycles. The third-order valence-corrected chi connectivity index (χ3v) is 5.57. The van der Waals surface area contributed by atoms with Crippen molar-refractivity contribution in [3.63, 3.8) is 0 Å². The predicted molar refractivity (Wildman–Crippen MR) is 122 cm³/mol. The van der Waals surface area contributed by atoms with Crippen LogP contribution in [0.3, 0.4) is 0 Å². The SMILES string of the molecule is C=C(C)C1=C(COC(C)=O)CC(COCc2ccccc2)(COCc2ccccc2)C1. The van der Waals surface area contributed by atoms with E-state index in [9.17, 15) is 4.79 Å². The molecule has 0 unspecified atom stereocenters. The summed E-state index contributed by atoms with van der Waals surface area (Å²) >= 11 is 0. The third kappa shape index (κ3) is 6.91. The number of hydrogen-bond donors (Lipinski definition) is 0. The van der Waals surface area contributed by atoms with Crippen LogP contribution in [0.4, 0.5) is 0 Å². The van der Waals surface area contributed by atoms with Gasteiger partial charge in [-0.15, -0.1) is 0 Å². The molecule has 31 heavy (non-hydrogen) atoms. The Morgan fingerprint density at radius 3 is 1.81 bits per heavy atom. The number of rotatable bonds is 11.